The van der Waals surface area contributed by atoms with E-state index in [1.807, 2.05) is 0 Å². The third-order valence-electron chi connectivity index (χ3n) is 2.53. The lowest BCUT2D eigenvalue weighted by molar-refractivity contribution is -0.122. The Balaban J connectivity index is 2.41. The zero-order valence-electron chi connectivity index (χ0n) is 11.8. The van der Waals surface area contributed by atoms with Gasteiger partial charge in [0, 0.05) is 18.5 Å². The van der Waals surface area contributed by atoms with Gasteiger partial charge in [-0.15, -0.1) is 6.58 Å². The summed E-state index contributed by atoms with van der Waals surface area (Å²) in [6.45, 7) is 5.21. The Kier molecular flexibility index (Phi) is 6.67. The van der Waals surface area contributed by atoms with Crippen LogP contribution in [-0.2, 0) is 4.79 Å². The van der Waals surface area contributed by atoms with Crippen molar-refractivity contribution in [2.45, 2.75) is 13.3 Å². The molecule has 1 aromatic carbocycles. The summed E-state index contributed by atoms with van der Waals surface area (Å²) in [5.74, 6) is -0.0761. The van der Waals surface area contributed by atoms with Gasteiger partial charge in [-0.05, 0) is 24.3 Å². The van der Waals surface area contributed by atoms with Gasteiger partial charge in [0.25, 0.3) is 5.91 Å². The fourth-order valence-corrected chi connectivity index (χ4v) is 1.46. The molecule has 0 spiro atoms. The quantitative estimate of drug-likeness (QED) is 0.591. The molecule has 21 heavy (non-hydrogen) atoms. The van der Waals surface area contributed by atoms with Gasteiger partial charge in [0.05, 0.1) is 0 Å². The van der Waals surface area contributed by atoms with Crippen molar-refractivity contribution in [3.8, 4) is 5.75 Å². The average molecular weight is 290 g/mol. The van der Waals surface area contributed by atoms with E-state index in [1.54, 1.807) is 31.2 Å². The molecular weight excluding hydrogens is 272 g/mol. The number of carbonyl (C=O) groups excluding carboxylic acids is 3. The van der Waals surface area contributed by atoms with Crippen molar-refractivity contribution >= 4 is 17.7 Å². The number of ketones is 1. The number of urea groups is 1. The topological polar surface area (TPSA) is 84.5 Å². The summed E-state index contributed by atoms with van der Waals surface area (Å²) in [6, 6.07) is 5.88. The first-order valence-corrected chi connectivity index (χ1v) is 6.51. The molecule has 0 aliphatic heterocycles. The first-order valence-electron chi connectivity index (χ1n) is 6.51. The number of benzene rings is 1. The number of Topliss-reactive ketones (excluding diaryl/α,β-unsaturated/α-hetero) is 1. The van der Waals surface area contributed by atoms with E-state index in [-0.39, 0.29) is 18.9 Å². The molecule has 2 N–H and O–H groups in total. The Morgan fingerprint density at radius 2 is 1.90 bits per heavy atom. The molecule has 0 aromatic heterocycles. The Bertz CT molecular complexity index is 523. The van der Waals surface area contributed by atoms with Crippen molar-refractivity contribution in [3.05, 3.63) is 42.5 Å². The molecule has 0 atom stereocenters. The molecule has 0 saturated carbocycles. The normalized spacial score (nSPS) is 9.57. The van der Waals surface area contributed by atoms with Crippen molar-refractivity contribution < 1.29 is 19.1 Å². The summed E-state index contributed by atoms with van der Waals surface area (Å²) in [6.07, 6.45) is 1.93. The highest BCUT2D eigenvalue weighted by Crippen LogP contribution is 2.13. The smallest absolute Gasteiger partial charge is 0.321 e. The van der Waals surface area contributed by atoms with Gasteiger partial charge in [0.15, 0.2) is 12.4 Å². The Labute approximate surface area is 123 Å². The molecule has 1 rings (SSSR count). The first-order chi connectivity index (χ1) is 10.1. The predicted molar refractivity (Wildman–Crippen MR) is 78.3 cm³/mol. The van der Waals surface area contributed by atoms with Crippen molar-refractivity contribution in [2.24, 2.45) is 0 Å². The van der Waals surface area contributed by atoms with E-state index in [2.05, 4.69) is 17.2 Å². The number of hydrogen-bond donors (Lipinski definition) is 2. The van der Waals surface area contributed by atoms with Gasteiger partial charge in [-0.25, -0.2) is 4.79 Å². The first kappa shape index (κ1) is 16.4. The zero-order valence-corrected chi connectivity index (χ0v) is 11.8. The maximum atomic E-state index is 11.4. The largest absolute Gasteiger partial charge is 0.484 e. The highest BCUT2D eigenvalue weighted by atomic mass is 16.5. The van der Waals surface area contributed by atoms with Crippen LogP contribution in [0.25, 0.3) is 0 Å². The van der Waals surface area contributed by atoms with Crippen LogP contribution in [0.5, 0.6) is 5.75 Å². The Morgan fingerprint density at radius 3 is 2.48 bits per heavy atom. The number of amides is 3. The molecule has 0 radical (unpaired) electrons. The number of rotatable bonds is 7. The fraction of sp³-hybridized carbons (Fsp3) is 0.267. The molecule has 0 heterocycles. The number of carbonyl (C=O) groups is 3. The van der Waals surface area contributed by atoms with Crippen LogP contribution in [0.15, 0.2) is 36.9 Å². The SMILES string of the molecule is C=CCNC(=O)NC(=O)COc1ccc(C(=O)CC)cc1. The lowest BCUT2D eigenvalue weighted by Crippen LogP contribution is -2.41. The summed E-state index contributed by atoms with van der Waals surface area (Å²) in [5, 5.41) is 4.51. The summed E-state index contributed by atoms with van der Waals surface area (Å²) in [5.41, 5.74) is 0.595. The minimum absolute atomic E-state index is 0.0400. The van der Waals surface area contributed by atoms with Crippen LogP contribution in [0.3, 0.4) is 0 Å². The average Bonchev–Trinajstić information content (AvgIpc) is 2.50. The van der Waals surface area contributed by atoms with E-state index in [9.17, 15) is 14.4 Å². The maximum absolute atomic E-state index is 11.4. The number of nitrogens with one attached hydrogen (secondary N) is 2. The number of ether oxygens (including phenoxy) is 1. The maximum Gasteiger partial charge on any atom is 0.321 e. The molecule has 0 aliphatic rings. The van der Waals surface area contributed by atoms with Gasteiger partial charge in [0.2, 0.25) is 0 Å². The zero-order chi connectivity index (χ0) is 15.7. The second-order valence-corrected chi connectivity index (χ2v) is 4.14. The van der Waals surface area contributed by atoms with Crippen LogP contribution in [0.1, 0.15) is 23.7 Å². The van der Waals surface area contributed by atoms with Gasteiger partial charge in [-0.2, -0.15) is 0 Å². The van der Waals surface area contributed by atoms with Gasteiger partial charge >= 0.3 is 6.03 Å². The highest BCUT2D eigenvalue weighted by Gasteiger charge is 2.08. The molecule has 6 nitrogen and oxygen atoms in total. The van der Waals surface area contributed by atoms with Crippen molar-refractivity contribution in [1.82, 2.24) is 10.6 Å². The van der Waals surface area contributed by atoms with E-state index in [1.165, 1.54) is 6.08 Å². The van der Waals surface area contributed by atoms with Gasteiger partial charge < -0.3 is 10.1 Å². The van der Waals surface area contributed by atoms with E-state index >= 15 is 0 Å². The predicted octanol–water partition coefficient (Wildman–Crippen LogP) is 1.67. The number of hydrogen-bond acceptors (Lipinski definition) is 4. The molecular formula is C15H18N2O4. The number of imide groups is 1. The van der Waals surface area contributed by atoms with Crippen LogP contribution in [0.2, 0.25) is 0 Å². The van der Waals surface area contributed by atoms with Crippen molar-refractivity contribution in [1.29, 1.82) is 0 Å². The molecule has 0 unspecified atom stereocenters. The Hall–Kier alpha value is -2.63. The molecule has 0 saturated heterocycles. The molecule has 0 aliphatic carbocycles. The molecule has 0 fully saturated rings. The Morgan fingerprint density at radius 1 is 1.24 bits per heavy atom. The van der Waals surface area contributed by atoms with Crippen molar-refractivity contribution in [2.75, 3.05) is 13.2 Å². The van der Waals surface area contributed by atoms with Crippen LogP contribution < -0.4 is 15.4 Å². The molecule has 3 amide bonds. The minimum Gasteiger partial charge on any atom is -0.484 e. The van der Waals surface area contributed by atoms with E-state index in [0.29, 0.717) is 17.7 Å². The summed E-state index contributed by atoms with van der Waals surface area (Å²) in [7, 11) is 0. The highest BCUT2D eigenvalue weighted by molar-refractivity contribution is 5.96. The summed E-state index contributed by atoms with van der Waals surface area (Å²) in [4.78, 5) is 34.1. The third-order valence-corrected chi connectivity index (χ3v) is 2.53. The van der Waals surface area contributed by atoms with E-state index < -0.39 is 11.9 Å². The van der Waals surface area contributed by atoms with Crippen LogP contribution in [0, 0.1) is 0 Å². The second kappa shape index (κ2) is 8.52. The molecule has 0 bridgehead atoms. The minimum atomic E-state index is -0.604. The molecule has 112 valence electrons. The van der Waals surface area contributed by atoms with E-state index in [4.69, 9.17) is 4.74 Å². The van der Waals surface area contributed by atoms with Gasteiger partial charge in [-0.1, -0.05) is 13.0 Å². The lowest BCUT2D eigenvalue weighted by atomic mass is 10.1. The van der Waals surface area contributed by atoms with Crippen LogP contribution in [0.4, 0.5) is 4.79 Å². The van der Waals surface area contributed by atoms with Gasteiger partial charge in [0.1, 0.15) is 5.75 Å². The van der Waals surface area contributed by atoms with E-state index in [0.717, 1.165) is 0 Å². The monoisotopic (exact) mass is 290 g/mol. The molecule has 6 heteroatoms. The summed E-state index contributed by atoms with van der Waals surface area (Å²) < 4.78 is 5.22. The van der Waals surface area contributed by atoms with Crippen LogP contribution >= 0.6 is 0 Å². The fourth-order valence-electron chi connectivity index (χ4n) is 1.46. The summed E-state index contributed by atoms with van der Waals surface area (Å²) >= 11 is 0. The third kappa shape index (κ3) is 5.90. The van der Waals surface area contributed by atoms with Gasteiger partial charge in [-0.3, -0.25) is 14.9 Å². The van der Waals surface area contributed by atoms with Crippen LogP contribution in [-0.4, -0.2) is 30.9 Å². The lowest BCUT2D eigenvalue weighted by Gasteiger charge is -2.07. The standard InChI is InChI=1S/C15H18N2O4/c1-3-9-16-15(20)17-14(19)10-21-12-7-5-11(6-8-12)13(18)4-2/h3,5-8H,1,4,9-10H2,2H3,(H2,16,17,19,20). The second-order valence-electron chi connectivity index (χ2n) is 4.14. The van der Waals surface area contributed by atoms with Crippen molar-refractivity contribution in [3.63, 3.8) is 0 Å². The molecule has 1 aromatic rings.